The summed E-state index contributed by atoms with van der Waals surface area (Å²) in [6, 6.07) is -0.957. The summed E-state index contributed by atoms with van der Waals surface area (Å²) in [4.78, 5) is 23.3. The van der Waals surface area contributed by atoms with Crippen molar-refractivity contribution in [3.05, 3.63) is 0 Å². The van der Waals surface area contributed by atoms with Gasteiger partial charge >= 0.3 is 12.0 Å². The molecule has 0 aliphatic carbocycles. The van der Waals surface area contributed by atoms with Crippen LogP contribution in [0.15, 0.2) is 0 Å². The van der Waals surface area contributed by atoms with Crippen molar-refractivity contribution in [2.75, 3.05) is 26.7 Å². The van der Waals surface area contributed by atoms with Crippen LogP contribution in [0, 0.1) is 0 Å². The van der Waals surface area contributed by atoms with Crippen LogP contribution in [0.2, 0.25) is 0 Å². The monoisotopic (exact) mass is 187 g/mol. The summed E-state index contributed by atoms with van der Waals surface area (Å²) < 4.78 is 4.54. The van der Waals surface area contributed by atoms with Crippen LogP contribution in [0.5, 0.6) is 0 Å². The van der Waals surface area contributed by atoms with E-state index in [1.807, 2.05) is 0 Å². The lowest BCUT2D eigenvalue weighted by Crippen LogP contribution is -2.57. The molecule has 6 nitrogen and oxygen atoms in total. The number of rotatable bonds is 1. The number of esters is 1. The minimum Gasteiger partial charge on any atom is -0.468 e. The highest BCUT2D eigenvalue weighted by Crippen LogP contribution is 1.99. The Kier molecular flexibility index (Phi) is 3.07. The fraction of sp³-hybridized carbons (Fsp3) is 0.714. The molecule has 3 N–H and O–H groups in total. The number of piperazine rings is 1. The number of carbonyl (C=O) groups is 2. The highest BCUT2D eigenvalue weighted by atomic mass is 16.5. The number of carbonyl (C=O) groups excluding carboxylic acids is 2. The zero-order valence-electron chi connectivity index (χ0n) is 7.45. The van der Waals surface area contributed by atoms with Crippen molar-refractivity contribution in [1.82, 2.24) is 10.2 Å². The molecule has 1 atom stereocenters. The van der Waals surface area contributed by atoms with Gasteiger partial charge in [-0.2, -0.15) is 0 Å². The zero-order valence-corrected chi connectivity index (χ0v) is 7.45. The molecule has 1 aliphatic rings. The number of nitrogens with zero attached hydrogens (tertiary/aromatic N) is 1. The van der Waals surface area contributed by atoms with Crippen LogP contribution in [-0.4, -0.2) is 49.7 Å². The van der Waals surface area contributed by atoms with Crippen molar-refractivity contribution in [3.63, 3.8) is 0 Å². The lowest BCUT2D eigenvalue weighted by Gasteiger charge is -2.30. The van der Waals surface area contributed by atoms with Gasteiger partial charge in [0.25, 0.3) is 0 Å². The third-order valence-electron chi connectivity index (χ3n) is 1.97. The fourth-order valence-corrected chi connectivity index (χ4v) is 1.25. The quantitative estimate of drug-likeness (QED) is 0.490. The molecule has 74 valence electrons. The van der Waals surface area contributed by atoms with E-state index in [1.54, 1.807) is 0 Å². The van der Waals surface area contributed by atoms with Crippen LogP contribution in [0.3, 0.4) is 0 Å². The number of nitrogens with two attached hydrogens (primary N) is 1. The maximum absolute atomic E-state index is 11.1. The van der Waals surface area contributed by atoms with E-state index >= 15 is 0 Å². The molecule has 0 aromatic rings. The molecule has 1 heterocycles. The first-order valence-electron chi connectivity index (χ1n) is 4.00. The summed E-state index contributed by atoms with van der Waals surface area (Å²) in [7, 11) is 1.31. The summed E-state index contributed by atoms with van der Waals surface area (Å²) in [5, 5.41) is 2.93. The van der Waals surface area contributed by atoms with Gasteiger partial charge in [0.05, 0.1) is 7.11 Å². The molecule has 1 rings (SSSR count). The van der Waals surface area contributed by atoms with Crippen LogP contribution in [0.25, 0.3) is 0 Å². The standard InChI is InChI=1S/C7H13N3O3/c1-13-6(11)5-4-10(7(8)12)3-2-9-5/h5,9H,2-4H2,1H3,(H2,8,12)/t5-/m0/s1. The Morgan fingerprint density at radius 3 is 2.85 bits per heavy atom. The smallest absolute Gasteiger partial charge is 0.324 e. The van der Waals surface area contributed by atoms with E-state index in [9.17, 15) is 9.59 Å². The minimum atomic E-state index is -0.504. The van der Waals surface area contributed by atoms with Crippen LogP contribution in [0.1, 0.15) is 0 Å². The Morgan fingerprint density at radius 1 is 1.62 bits per heavy atom. The molecule has 6 heteroatoms. The third kappa shape index (κ3) is 2.32. The van der Waals surface area contributed by atoms with E-state index in [2.05, 4.69) is 10.1 Å². The largest absolute Gasteiger partial charge is 0.468 e. The third-order valence-corrected chi connectivity index (χ3v) is 1.97. The Morgan fingerprint density at radius 2 is 2.31 bits per heavy atom. The van der Waals surface area contributed by atoms with Gasteiger partial charge in [-0.25, -0.2) is 4.79 Å². The van der Waals surface area contributed by atoms with Crippen molar-refractivity contribution in [2.24, 2.45) is 5.73 Å². The molecule has 0 radical (unpaired) electrons. The number of ether oxygens (including phenoxy) is 1. The van der Waals surface area contributed by atoms with Gasteiger partial charge in [-0.3, -0.25) is 4.79 Å². The van der Waals surface area contributed by atoms with Gasteiger partial charge in [-0.05, 0) is 0 Å². The molecule has 0 bridgehead atoms. The highest BCUT2D eigenvalue weighted by molar-refractivity contribution is 5.78. The predicted octanol–water partition coefficient (Wildman–Crippen LogP) is -1.49. The average molecular weight is 187 g/mol. The van der Waals surface area contributed by atoms with E-state index in [-0.39, 0.29) is 12.5 Å². The van der Waals surface area contributed by atoms with Gasteiger partial charge < -0.3 is 20.7 Å². The number of hydrogen-bond donors (Lipinski definition) is 2. The summed E-state index contributed by atoms with van der Waals surface area (Å²) in [5.41, 5.74) is 5.08. The van der Waals surface area contributed by atoms with Crippen LogP contribution in [0.4, 0.5) is 4.79 Å². The van der Waals surface area contributed by atoms with Gasteiger partial charge in [0.2, 0.25) is 0 Å². The maximum atomic E-state index is 11.1. The number of methoxy groups -OCH3 is 1. The van der Waals surface area contributed by atoms with Crippen LogP contribution in [-0.2, 0) is 9.53 Å². The van der Waals surface area contributed by atoms with E-state index in [0.717, 1.165) is 0 Å². The van der Waals surface area contributed by atoms with Gasteiger partial charge in [0, 0.05) is 19.6 Å². The lowest BCUT2D eigenvalue weighted by atomic mass is 10.2. The molecule has 0 aromatic carbocycles. The molecular weight excluding hydrogens is 174 g/mol. The number of amides is 2. The molecule has 13 heavy (non-hydrogen) atoms. The minimum absolute atomic E-state index is 0.280. The van der Waals surface area contributed by atoms with Crippen molar-refractivity contribution in [3.8, 4) is 0 Å². The molecule has 0 aromatic heterocycles. The molecular formula is C7H13N3O3. The normalized spacial score (nSPS) is 22.5. The summed E-state index contributed by atoms with van der Waals surface area (Å²) in [6.07, 6.45) is 0. The maximum Gasteiger partial charge on any atom is 0.324 e. The van der Waals surface area contributed by atoms with E-state index in [0.29, 0.717) is 13.1 Å². The number of primary amides is 1. The molecule has 2 amide bonds. The molecule has 1 fully saturated rings. The Bertz CT molecular complexity index is 219. The predicted molar refractivity (Wildman–Crippen MR) is 45.0 cm³/mol. The molecule has 1 aliphatic heterocycles. The Labute approximate surface area is 76.0 Å². The second kappa shape index (κ2) is 4.08. The van der Waals surface area contributed by atoms with Crippen molar-refractivity contribution in [2.45, 2.75) is 6.04 Å². The summed E-state index contributed by atoms with van der Waals surface area (Å²) >= 11 is 0. The number of urea groups is 1. The van der Waals surface area contributed by atoms with Crippen LogP contribution >= 0.6 is 0 Å². The summed E-state index contributed by atoms with van der Waals surface area (Å²) in [6.45, 7) is 1.37. The van der Waals surface area contributed by atoms with Gasteiger partial charge in [-0.1, -0.05) is 0 Å². The van der Waals surface area contributed by atoms with Crippen LogP contribution < -0.4 is 11.1 Å². The second-order valence-electron chi connectivity index (χ2n) is 2.81. The van der Waals surface area contributed by atoms with E-state index in [4.69, 9.17) is 5.73 Å². The topological polar surface area (TPSA) is 84.7 Å². The van der Waals surface area contributed by atoms with E-state index in [1.165, 1.54) is 12.0 Å². The second-order valence-corrected chi connectivity index (χ2v) is 2.81. The number of hydrogen-bond acceptors (Lipinski definition) is 4. The van der Waals surface area contributed by atoms with Gasteiger partial charge in [0.15, 0.2) is 0 Å². The highest BCUT2D eigenvalue weighted by Gasteiger charge is 2.27. The Hall–Kier alpha value is -1.30. The molecule has 0 unspecified atom stereocenters. The number of nitrogens with one attached hydrogen (secondary N) is 1. The first-order chi connectivity index (χ1) is 6.15. The molecule has 0 saturated carbocycles. The molecule has 1 saturated heterocycles. The Balaban J connectivity index is 2.51. The zero-order chi connectivity index (χ0) is 9.84. The van der Waals surface area contributed by atoms with Crippen molar-refractivity contribution >= 4 is 12.0 Å². The SMILES string of the molecule is COC(=O)[C@@H]1CN(C(N)=O)CCN1. The van der Waals surface area contributed by atoms with Gasteiger partial charge in [-0.15, -0.1) is 0 Å². The van der Waals surface area contributed by atoms with Crippen molar-refractivity contribution < 1.29 is 14.3 Å². The summed E-state index contributed by atoms with van der Waals surface area (Å²) in [5.74, 6) is -0.369. The molecule has 0 spiro atoms. The van der Waals surface area contributed by atoms with Crippen molar-refractivity contribution in [1.29, 1.82) is 0 Å². The average Bonchev–Trinajstić information content (AvgIpc) is 2.17. The van der Waals surface area contributed by atoms with E-state index < -0.39 is 12.1 Å². The first-order valence-corrected chi connectivity index (χ1v) is 4.00. The lowest BCUT2D eigenvalue weighted by molar-refractivity contribution is -0.143. The fourth-order valence-electron chi connectivity index (χ4n) is 1.25. The first kappa shape index (κ1) is 9.79. The van der Waals surface area contributed by atoms with Gasteiger partial charge in [0.1, 0.15) is 6.04 Å².